The zero-order chi connectivity index (χ0) is 11.8. The van der Waals surface area contributed by atoms with Gasteiger partial charge in [-0.1, -0.05) is 19.0 Å². The molecule has 0 N–H and O–H groups in total. The summed E-state index contributed by atoms with van der Waals surface area (Å²) in [6.45, 7) is 4.24. The standard InChI is InChI=1S/C13H15N3O/c1-8(2)12-11(10-7-14-5-6-15-10)13(17-16-12)9-3-4-9/h5-9H,3-4H2,1-2H3. The molecule has 17 heavy (non-hydrogen) atoms. The zero-order valence-corrected chi connectivity index (χ0v) is 10.1. The van der Waals surface area contributed by atoms with Gasteiger partial charge in [0.2, 0.25) is 0 Å². The second-order valence-electron chi connectivity index (χ2n) is 4.83. The molecule has 4 nitrogen and oxygen atoms in total. The topological polar surface area (TPSA) is 51.8 Å². The van der Waals surface area contributed by atoms with Gasteiger partial charge in [-0.3, -0.25) is 9.97 Å². The van der Waals surface area contributed by atoms with Crippen molar-refractivity contribution in [2.24, 2.45) is 0 Å². The molecule has 0 radical (unpaired) electrons. The highest BCUT2D eigenvalue weighted by Gasteiger charge is 2.33. The number of rotatable bonds is 3. The van der Waals surface area contributed by atoms with Crippen LogP contribution in [0.25, 0.3) is 11.3 Å². The van der Waals surface area contributed by atoms with Gasteiger partial charge >= 0.3 is 0 Å². The molecule has 0 aliphatic heterocycles. The Morgan fingerprint density at radius 2 is 2.12 bits per heavy atom. The first-order valence-electron chi connectivity index (χ1n) is 6.03. The average molecular weight is 229 g/mol. The molecule has 1 aliphatic carbocycles. The quantitative estimate of drug-likeness (QED) is 0.811. The van der Waals surface area contributed by atoms with E-state index in [1.807, 2.05) is 0 Å². The molecule has 0 atom stereocenters. The molecular weight excluding hydrogens is 214 g/mol. The second kappa shape index (κ2) is 3.95. The first kappa shape index (κ1) is 10.4. The summed E-state index contributed by atoms with van der Waals surface area (Å²) < 4.78 is 5.52. The highest BCUT2D eigenvalue weighted by molar-refractivity contribution is 5.65. The summed E-state index contributed by atoms with van der Waals surface area (Å²) >= 11 is 0. The van der Waals surface area contributed by atoms with Crippen LogP contribution in [-0.4, -0.2) is 15.1 Å². The monoisotopic (exact) mass is 229 g/mol. The van der Waals surface area contributed by atoms with Crippen molar-refractivity contribution in [2.45, 2.75) is 38.5 Å². The van der Waals surface area contributed by atoms with E-state index in [-0.39, 0.29) is 0 Å². The van der Waals surface area contributed by atoms with E-state index >= 15 is 0 Å². The van der Waals surface area contributed by atoms with Gasteiger partial charge in [0.25, 0.3) is 0 Å². The fourth-order valence-electron chi connectivity index (χ4n) is 2.02. The van der Waals surface area contributed by atoms with Crippen LogP contribution in [0.5, 0.6) is 0 Å². The van der Waals surface area contributed by atoms with E-state index < -0.39 is 0 Å². The van der Waals surface area contributed by atoms with Crippen LogP contribution in [0.2, 0.25) is 0 Å². The van der Waals surface area contributed by atoms with Gasteiger partial charge in [-0.25, -0.2) is 0 Å². The van der Waals surface area contributed by atoms with Crippen molar-refractivity contribution < 1.29 is 4.52 Å². The fraction of sp³-hybridized carbons (Fsp3) is 0.462. The summed E-state index contributed by atoms with van der Waals surface area (Å²) in [4.78, 5) is 8.50. The van der Waals surface area contributed by atoms with Crippen LogP contribution in [0.3, 0.4) is 0 Å². The summed E-state index contributed by atoms with van der Waals surface area (Å²) in [5.41, 5.74) is 2.93. The van der Waals surface area contributed by atoms with E-state index in [2.05, 4.69) is 29.0 Å². The van der Waals surface area contributed by atoms with Gasteiger partial charge in [0, 0.05) is 18.3 Å². The van der Waals surface area contributed by atoms with Crippen molar-refractivity contribution in [3.05, 3.63) is 30.0 Å². The number of hydrogen-bond acceptors (Lipinski definition) is 4. The summed E-state index contributed by atoms with van der Waals surface area (Å²) in [7, 11) is 0. The lowest BCUT2D eigenvalue weighted by molar-refractivity contribution is 0.376. The Labute approximate surface area is 100 Å². The van der Waals surface area contributed by atoms with Gasteiger partial charge in [-0.2, -0.15) is 0 Å². The van der Waals surface area contributed by atoms with Gasteiger partial charge < -0.3 is 4.52 Å². The van der Waals surface area contributed by atoms with Crippen LogP contribution >= 0.6 is 0 Å². The van der Waals surface area contributed by atoms with Crippen LogP contribution in [0, 0.1) is 0 Å². The minimum Gasteiger partial charge on any atom is -0.360 e. The maximum Gasteiger partial charge on any atom is 0.149 e. The second-order valence-corrected chi connectivity index (χ2v) is 4.83. The lowest BCUT2D eigenvalue weighted by Crippen LogP contribution is -1.94. The molecule has 1 saturated carbocycles. The highest BCUT2D eigenvalue weighted by Crippen LogP contribution is 2.46. The Kier molecular flexibility index (Phi) is 2.42. The van der Waals surface area contributed by atoms with Gasteiger partial charge in [-0.15, -0.1) is 0 Å². The lowest BCUT2D eigenvalue weighted by Gasteiger charge is -2.04. The lowest BCUT2D eigenvalue weighted by atomic mass is 10.0. The maximum absolute atomic E-state index is 5.52. The Morgan fingerprint density at radius 1 is 1.29 bits per heavy atom. The Morgan fingerprint density at radius 3 is 2.71 bits per heavy atom. The van der Waals surface area contributed by atoms with E-state index in [9.17, 15) is 0 Å². The SMILES string of the molecule is CC(C)c1noc(C2CC2)c1-c1cnccn1. The van der Waals surface area contributed by atoms with Crippen molar-refractivity contribution in [3.8, 4) is 11.3 Å². The molecule has 0 spiro atoms. The molecule has 3 rings (SSSR count). The minimum absolute atomic E-state index is 0.336. The fourth-order valence-corrected chi connectivity index (χ4v) is 2.02. The summed E-state index contributed by atoms with van der Waals surface area (Å²) in [5, 5.41) is 4.21. The molecule has 0 bridgehead atoms. The third-order valence-electron chi connectivity index (χ3n) is 3.06. The van der Waals surface area contributed by atoms with Crippen LogP contribution in [-0.2, 0) is 0 Å². The van der Waals surface area contributed by atoms with E-state index in [0.29, 0.717) is 11.8 Å². The Hall–Kier alpha value is -1.71. The molecule has 88 valence electrons. The van der Waals surface area contributed by atoms with Crippen LogP contribution in [0.4, 0.5) is 0 Å². The van der Waals surface area contributed by atoms with Crippen molar-refractivity contribution >= 4 is 0 Å². The predicted octanol–water partition coefficient (Wildman–Crippen LogP) is 3.13. The molecule has 2 aromatic rings. The first-order valence-corrected chi connectivity index (χ1v) is 6.03. The molecule has 0 saturated heterocycles. The van der Waals surface area contributed by atoms with E-state index in [4.69, 9.17) is 4.52 Å². The van der Waals surface area contributed by atoms with Crippen LogP contribution in [0.1, 0.15) is 50.0 Å². The van der Waals surface area contributed by atoms with Crippen LogP contribution < -0.4 is 0 Å². The number of aromatic nitrogens is 3. The number of hydrogen-bond donors (Lipinski definition) is 0. The molecule has 4 heteroatoms. The third kappa shape index (κ3) is 1.84. The molecule has 0 amide bonds. The van der Waals surface area contributed by atoms with E-state index in [1.54, 1.807) is 18.6 Å². The summed E-state index contributed by atoms with van der Waals surface area (Å²) in [6.07, 6.45) is 7.57. The van der Waals surface area contributed by atoms with Gasteiger partial charge in [0.05, 0.1) is 23.1 Å². The molecule has 1 aliphatic rings. The maximum atomic E-state index is 5.52. The van der Waals surface area contributed by atoms with Gasteiger partial charge in [0.15, 0.2) is 0 Å². The largest absolute Gasteiger partial charge is 0.360 e. The van der Waals surface area contributed by atoms with Crippen molar-refractivity contribution in [3.63, 3.8) is 0 Å². The molecular formula is C13H15N3O. The molecule has 0 aromatic carbocycles. The highest BCUT2D eigenvalue weighted by atomic mass is 16.5. The summed E-state index contributed by atoms with van der Waals surface area (Å²) in [5.74, 6) is 1.87. The number of nitrogens with zero attached hydrogens (tertiary/aromatic N) is 3. The molecule has 2 heterocycles. The van der Waals surface area contributed by atoms with Crippen molar-refractivity contribution in [1.82, 2.24) is 15.1 Å². The molecule has 0 unspecified atom stereocenters. The van der Waals surface area contributed by atoms with E-state index in [0.717, 1.165) is 22.7 Å². The Balaban J connectivity index is 2.14. The summed E-state index contributed by atoms with van der Waals surface area (Å²) in [6, 6.07) is 0. The zero-order valence-electron chi connectivity index (χ0n) is 10.1. The molecule has 2 aromatic heterocycles. The average Bonchev–Trinajstić information content (AvgIpc) is 3.08. The van der Waals surface area contributed by atoms with Gasteiger partial charge in [-0.05, 0) is 18.8 Å². The van der Waals surface area contributed by atoms with Crippen molar-refractivity contribution in [2.75, 3.05) is 0 Å². The molecule has 1 fully saturated rings. The minimum atomic E-state index is 0.336. The van der Waals surface area contributed by atoms with Crippen molar-refractivity contribution in [1.29, 1.82) is 0 Å². The third-order valence-corrected chi connectivity index (χ3v) is 3.06. The van der Waals surface area contributed by atoms with Gasteiger partial charge in [0.1, 0.15) is 5.76 Å². The Bertz CT molecular complexity index is 495. The predicted molar refractivity (Wildman–Crippen MR) is 63.6 cm³/mol. The van der Waals surface area contributed by atoms with Crippen LogP contribution in [0.15, 0.2) is 23.1 Å². The normalized spacial score (nSPS) is 15.5. The first-order chi connectivity index (χ1) is 8.27. The smallest absolute Gasteiger partial charge is 0.149 e. The van der Waals surface area contributed by atoms with E-state index in [1.165, 1.54) is 12.8 Å².